The van der Waals surface area contributed by atoms with Crippen LogP contribution in [-0.2, 0) is 6.42 Å². The van der Waals surface area contributed by atoms with Crippen LogP contribution in [0.15, 0.2) is 28.8 Å². The average molecular weight is 277 g/mol. The van der Waals surface area contributed by atoms with Crippen molar-refractivity contribution in [2.45, 2.75) is 32.6 Å². The molecule has 5 heteroatoms. The second-order valence-electron chi connectivity index (χ2n) is 4.91. The van der Waals surface area contributed by atoms with Gasteiger partial charge in [0.25, 0.3) is 0 Å². The number of aryl methyl sites for hydroxylation is 1. The van der Waals surface area contributed by atoms with Gasteiger partial charge in [0.2, 0.25) is 11.7 Å². The highest BCUT2D eigenvalue weighted by atomic mass is 19.1. The molecule has 0 saturated carbocycles. The van der Waals surface area contributed by atoms with Crippen LogP contribution in [0.2, 0.25) is 0 Å². The monoisotopic (exact) mass is 277 g/mol. The molecule has 0 fully saturated rings. The first-order chi connectivity index (χ1) is 9.72. The topological polar surface area (TPSA) is 64.9 Å². The summed E-state index contributed by atoms with van der Waals surface area (Å²) in [7, 11) is 0. The van der Waals surface area contributed by atoms with Crippen LogP contribution in [0.4, 0.5) is 4.39 Å². The summed E-state index contributed by atoms with van der Waals surface area (Å²) < 4.78 is 18.1. The number of rotatable bonds is 7. The van der Waals surface area contributed by atoms with Crippen molar-refractivity contribution in [2.75, 3.05) is 6.54 Å². The van der Waals surface area contributed by atoms with Gasteiger partial charge in [-0.1, -0.05) is 18.5 Å². The van der Waals surface area contributed by atoms with Crippen LogP contribution in [0, 0.1) is 11.7 Å². The molecule has 0 aliphatic carbocycles. The highest BCUT2D eigenvalue weighted by Gasteiger charge is 2.11. The van der Waals surface area contributed by atoms with Crippen molar-refractivity contribution in [1.29, 1.82) is 0 Å². The lowest BCUT2D eigenvalue weighted by Crippen LogP contribution is -2.09. The normalized spacial score (nSPS) is 12.6. The third kappa shape index (κ3) is 3.87. The van der Waals surface area contributed by atoms with E-state index in [0.29, 0.717) is 24.2 Å². The van der Waals surface area contributed by atoms with E-state index in [-0.39, 0.29) is 5.82 Å². The number of hydrogen-bond acceptors (Lipinski definition) is 4. The van der Waals surface area contributed by atoms with Crippen molar-refractivity contribution in [3.05, 3.63) is 36.0 Å². The van der Waals surface area contributed by atoms with E-state index in [1.807, 2.05) is 0 Å². The van der Waals surface area contributed by atoms with Gasteiger partial charge >= 0.3 is 0 Å². The molecule has 1 unspecified atom stereocenters. The minimum atomic E-state index is -0.273. The summed E-state index contributed by atoms with van der Waals surface area (Å²) in [6.45, 7) is 2.88. The number of halogens is 1. The summed E-state index contributed by atoms with van der Waals surface area (Å²) in [4.78, 5) is 4.35. The first kappa shape index (κ1) is 14.7. The summed E-state index contributed by atoms with van der Waals surface area (Å²) in [5.41, 5.74) is 6.34. The Morgan fingerprint density at radius 3 is 2.65 bits per heavy atom. The van der Waals surface area contributed by atoms with Crippen molar-refractivity contribution >= 4 is 0 Å². The molecule has 2 rings (SSSR count). The number of hydrogen-bond donors (Lipinski definition) is 1. The van der Waals surface area contributed by atoms with Crippen molar-refractivity contribution in [1.82, 2.24) is 10.1 Å². The molecule has 0 amide bonds. The Labute approximate surface area is 118 Å². The molecule has 4 nitrogen and oxygen atoms in total. The van der Waals surface area contributed by atoms with Gasteiger partial charge in [0.15, 0.2) is 0 Å². The number of aromatic nitrogens is 2. The SMILES string of the molecule is CCC(CCN)CCc1nc(-c2ccc(F)cc2)no1. The van der Waals surface area contributed by atoms with E-state index in [9.17, 15) is 4.39 Å². The molecule has 0 radical (unpaired) electrons. The summed E-state index contributed by atoms with van der Waals surface area (Å²) in [5, 5.41) is 3.93. The van der Waals surface area contributed by atoms with Crippen molar-refractivity contribution in [3.8, 4) is 11.4 Å². The van der Waals surface area contributed by atoms with Gasteiger partial charge < -0.3 is 10.3 Å². The molecule has 1 aromatic carbocycles. The zero-order valence-electron chi connectivity index (χ0n) is 11.7. The molecule has 0 aliphatic rings. The molecule has 0 spiro atoms. The molecule has 0 aliphatic heterocycles. The quantitative estimate of drug-likeness (QED) is 0.844. The van der Waals surface area contributed by atoms with E-state index >= 15 is 0 Å². The van der Waals surface area contributed by atoms with Gasteiger partial charge in [-0.25, -0.2) is 4.39 Å². The largest absolute Gasteiger partial charge is 0.339 e. The Hall–Kier alpha value is -1.75. The van der Waals surface area contributed by atoms with E-state index in [0.717, 1.165) is 31.2 Å². The molecule has 0 saturated heterocycles. The second-order valence-corrected chi connectivity index (χ2v) is 4.91. The lowest BCUT2D eigenvalue weighted by Gasteiger charge is -2.11. The molecule has 20 heavy (non-hydrogen) atoms. The smallest absolute Gasteiger partial charge is 0.226 e. The fourth-order valence-electron chi connectivity index (χ4n) is 2.19. The standard InChI is InChI=1S/C15H20FN3O/c1-2-11(9-10-17)3-8-14-18-15(19-20-14)12-4-6-13(16)7-5-12/h4-7,11H,2-3,8-10,17H2,1H3. The van der Waals surface area contributed by atoms with E-state index in [2.05, 4.69) is 17.1 Å². The van der Waals surface area contributed by atoms with E-state index in [1.165, 1.54) is 12.1 Å². The predicted octanol–water partition coefficient (Wildman–Crippen LogP) is 3.18. The van der Waals surface area contributed by atoms with Crippen LogP contribution in [0.3, 0.4) is 0 Å². The summed E-state index contributed by atoms with van der Waals surface area (Å²) in [6, 6.07) is 6.07. The van der Waals surface area contributed by atoms with Crippen molar-refractivity contribution in [3.63, 3.8) is 0 Å². The maximum absolute atomic E-state index is 12.9. The van der Waals surface area contributed by atoms with Crippen molar-refractivity contribution < 1.29 is 8.91 Å². The van der Waals surface area contributed by atoms with Crippen LogP contribution in [-0.4, -0.2) is 16.7 Å². The van der Waals surface area contributed by atoms with Crippen LogP contribution in [0.5, 0.6) is 0 Å². The number of nitrogens with zero attached hydrogens (tertiary/aromatic N) is 2. The maximum Gasteiger partial charge on any atom is 0.226 e. The Morgan fingerprint density at radius 1 is 1.25 bits per heavy atom. The first-order valence-electron chi connectivity index (χ1n) is 7.01. The van der Waals surface area contributed by atoms with Crippen LogP contribution in [0.25, 0.3) is 11.4 Å². The zero-order chi connectivity index (χ0) is 14.4. The molecule has 1 atom stereocenters. The van der Waals surface area contributed by atoms with E-state index in [4.69, 9.17) is 10.3 Å². The number of benzene rings is 1. The lowest BCUT2D eigenvalue weighted by atomic mass is 9.97. The highest BCUT2D eigenvalue weighted by Crippen LogP contribution is 2.19. The first-order valence-corrected chi connectivity index (χ1v) is 7.01. The fourth-order valence-corrected chi connectivity index (χ4v) is 2.19. The molecule has 108 valence electrons. The zero-order valence-corrected chi connectivity index (χ0v) is 11.7. The van der Waals surface area contributed by atoms with Crippen LogP contribution in [0.1, 0.15) is 32.1 Å². The predicted molar refractivity (Wildman–Crippen MR) is 75.5 cm³/mol. The summed E-state index contributed by atoms with van der Waals surface area (Å²) >= 11 is 0. The third-order valence-electron chi connectivity index (χ3n) is 3.49. The highest BCUT2D eigenvalue weighted by molar-refractivity contribution is 5.53. The maximum atomic E-state index is 12.9. The fraction of sp³-hybridized carbons (Fsp3) is 0.467. The third-order valence-corrected chi connectivity index (χ3v) is 3.49. The molecule has 1 heterocycles. The van der Waals surface area contributed by atoms with Gasteiger partial charge in [0.05, 0.1) is 0 Å². The Kier molecular flexibility index (Phi) is 5.24. The minimum absolute atomic E-state index is 0.273. The van der Waals surface area contributed by atoms with Gasteiger partial charge in [0, 0.05) is 12.0 Å². The Morgan fingerprint density at radius 2 is 2.00 bits per heavy atom. The summed E-state index contributed by atoms with van der Waals surface area (Å²) in [5.74, 6) is 1.46. The van der Waals surface area contributed by atoms with Gasteiger partial charge in [-0.2, -0.15) is 4.98 Å². The van der Waals surface area contributed by atoms with Crippen LogP contribution < -0.4 is 5.73 Å². The molecular weight excluding hydrogens is 257 g/mol. The Balaban J connectivity index is 1.96. The summed E-state index contributed by atoms with van der Waals surface area (Å²) in [6.07, 6.45) is 3.89. The van der Waals surface area contributed by atoms with Gasteiger partial charge in [-0.05, 0) is 49.6 Å². The molecule has 2 N–H and O–H groups in total. The molecular formula is C15H20FN3O. The molecule has 2 aromatic rings. The lowest BCUT2D eigenvalue weighted by molar-refractivity contribution is 0.354. The van der Waals surface area contributed by atoms with Gasteiger partial charge in [0.1, 0.15) is 5.82 Å². The van der Waals surface area contributed by atoms with Gasteiger partial charge in [-0.3, -0.25) is 0 Å². The van der Waals surface area contributed by atoms with Crippen molar-refractivity contribution in [2.24, 2.45) is 11.7 Å². The minimum Gasteiger partial charge on any atom is -0.339 e. The van der Waals surface area contributed by atoms with E-state index < -0.39 is 0 Å². The molecule has 0 bridgehead atoms. The van der Waals surface area contributed by atoms with E-state index in [1.54, 1.807) is 12.1 Å². The van der Waals surface area contributed by atoms with Gasteiger partial charge in [-0.15, -0.1) is 0 Å². The molecule has 1 aromatic heterocycles. The Bertz CT molecular complexity index is 524. The second kappa shape index (κ2) is 7.14. The van der Waals surface area contributed by atoms with Crippen LogP contribution >= 0.6 is 0 Å². The average Bonchev–Trinajstić information content (AvgIpc) is 2.93. The number of nitrogens with two attached hydrogens (primary N) is 1.